The first-order chi connectivity index (χ1) is 8.31. The van der Waals surface area contributed by atoms with Gasteiger partial charge in [-0.2, -0.15) is 0 Å². The van der Waals surface area contributed by atoms with E-state index in [2.05, 4.69) is 10.3 Å². The number of anilines is 1. The third kappa shape index (κ3) is 2.47. The summed E-state index contributed by atoms with van der Waals surface area (Å²) in [6, 6.07) is 15.7. The molecule has 17 heavy (non-hydrogen) atoms. The predicted octanol–water partition coefficient (Wildman–Crippen LogP) is 3.42. The van der Waals surface area contributed by atoms with Crippen LogP contribution in [-0.4, -0.2) is 5.91 Å². The molecule has 0 saturated heterocycles. The highest BCUT2D eigenvalue weighted by atomic mass is 16.1. The molecule has 82 valence electrons. The molecule has 0 aliphatic heterocycles. The van der Waals surface area contributed by atoms with Gasteiger partial charge in [0, 0.05) is 11.8 Å². The van der Waals surface area contributed by atoms with Crippen LogP contribution in [0.15, 0.2) is 54.6 Å². The van der Waals surface area contributed by atoms with Gasteiger partial charge in [0.15, 0.2) is 4.98 Å². The van der Waals surface area contributed by atoms with Gasteiger partial charge in [-0.05, 0) is 18.2 Å². The van der Waals surface area contributed by atoms with Gasteiger partial charge in [-0.3, -0.25) is 4.79 Å². The van der Waals surface area contributed by atoms with E-state index in [0.717, 1.165) is 0 Å². The molecule has 0 heterocycles. The fourth-order valence-electron chi connectivity index (χ4n) is 1.47. The molecule has 0 bridgehead atoms. The highest BCUT2D eigenvalue weighted by Crippen LogP contribution is 2.19. The molecule has 2 aromatic carbocycles. The minimum absolute atomic E-state index is 0.251. The number of para-hydroxylation sites is 1. The molecule has 0 radical (unpaired) electrons. The van der Waals surface area contributed by atoms with Crippen molar-refractivity contribution >= 4 is 17.3 Å². The second-order valence-electron chi connectivity index (χ2n) is 3.44. The highest BCUT2D eigenvalue weighted by Gasteiger charge is 2.19. The molecule has 0 aliphatic rings. The summed E-state index contributed by atoms with van der Waals surface area (Å²) in [4.78, 5) is 15.0. The van der Waals surface area contributed by atoms with Crippen LogP contribution in [0.1, 0.15) is 10.4 Å². The molecule has 0 atom stereocenters. The molecule has 4 nitrogen and oxygen atoms in total. The van der Waals surface area contributed by atoms with E-state index < -0.39 is 0 Å². The molecule has 2 aromatic rings. The Morgan fingerprint density at radius 1 is 1.00 bits per heavy atom. The molecule has 0 fully saturated rings. The van der Waals surface area contributed by atoms with Crippen LogP contribution in [0.4, 0.5) is 11.4 Å². The van der Waals surface area contributed by atoms with Crippen molar-refractivity contribution in [1.82, 2.24) is 0 Å². The number of diazo groups is 1. The van der Waals surface area contributed by atoms with Gasteiger partial charge in [-0.25, -0.2) is 0 Å². The molecule has 2 rings (SSSR count). The van der Waals surface area contributed by atoms with Gasteiger partial charge in [-0.1, -0.05) is 30.3 Å². The molecule has 0 saturated carbocycles. The van der Waals surface area contributed by atoms with Gasteiger partial charge in [0.2, 0.25) is 5.39 Å². The molecule has 1 N–H and O–H groups in total. The number of hydrogen-bond donors (Lipinski definition) is 1. The van der Waals surface area contributed by atoms with E-state index >= 15 is 0 Å². The molecule has 0 aliphatic carbocycles. The number of benzene rings is 2. The van der Waals surface area contributed by atoms with E-state index in [1.807, 2.05) is 18.2 Å². The fourth-order valence-corrected chi connectivity index (χ4v) is 1.47. The van der Waals surface area contributed by atoms with Crippen molar-refractivity contribution < 1.29 is 4.79 Å². The topological polar surface area (TPSA) is 57.2 Å². The third-order valence-corrected chi connectivity index (χ3v) is 2.29. The Kier molecular flexibility index (Phi) is 3.13. The average molecular weight is 224 g/mol. The number of nitrogens with zero attached hydrogens (tertiary/aromatic N) is 2. The van der Waals surface area contributed by atoms with Crippen LogP contribution in [-0.2, 0) is 0 Å². The minimum Gasteiger partial charge on any atom is -0.322 e. The quantitative estimate of drug-likeness (QED) is 0.794. The summed E-state index contributed by atoms with van der Waals surface area (Å²) in [5.41, 5.74) is 1.28. The maximum atomic E-state index is 11.9. The lowest BCUT2D eigenvalue weighted by atomic mass is 10.1. The Labute approximate surface area is 98.5 Å². The van der Waals surface area contributed by atoms with Crippen molar-refractivity contribution in [2.75, 3.05) is 5.32 Å². The number of hydrogen-bond acceptors (Lipinski definition) is 2. The Morgan fingerprint density at radius 3 is 2.35 bits per heavy atom. The zero-order valence-electron chi connectivity index (χ0n) is 9.00. The Morgan fingerprint density at radius 2 is 1.65 bits per heavy atom. The summed E-state index contributed by atoms with van der Waals surface area (Å²) >= 11 is 0. The second kappa shape index (κ2) is 4.90. The summed E-state index contributed by atoms with van der Waals surface area (Å²) in [7, 11) is 0. The molecule has 4 heteroatoms. The van der Waals surface area contributed by atoms with Gasteiger partial charge in [0.05, 0.1) is 0 Å². The zero-order valence-corrected chi connectivity index (χ0v) is 9.00. The first-order valence-corrected chi connectivity index (χ1v) is 5.12. The SMILES string of the molecule is N#[N+]c1ccccc1C(=O)Nc1ccccc1. The number of carbonyl (C=O) groups excluding carboxylic acids is 1. The monoisotopic (exact) mass is 224 g/mol. The van der Waals surface area contributed by atoms with Crippen LogP contribution in [0.2, 0.25) is 0 Å². The molecular formula is C13H10N3O+. The lowest BCUT2D eigenvalue weighted by molar-refractivity contribution is 0.102. The van der Waals surface area contributed by atoms with E-state index in [1.165, 1.54) is 0 Å². The Balaban J connectivity index is 2.24. The maximum Gasteiger partial charge on any atom is 0.397 e. The van der Waals surface area contributed by atoms with Crippen LogP contribution in [0.5, 0.6) is 0 Å². The van der Waals surface area contributed by atoms with Crippen molar-refractivity contribution in [1.29, 1.82) is 5.39 Å². The number of amides is 1. The van der Waals surface area contributed by atoms with Crippen molar-refractivity contribution in [2.45, 2.75) is 0 Å². The fraction of sp³-hybridized carbons (Fsp3) is 0. The molecule has 0 aromatic heterocycles. The lowest BCUT2D eigenvalue weighted by Crippen LogP contribution is -2.11. The van der Waals surface area contributed by atoms with E-state index in [1.54, 1.807) is 36.4 Å². The summed E-state index contributed by atoms with van der Waals surface area (Å²) in [6.07, 6.45) is 0. The van der Waals surface area contributed by atoms with Crippen molar-refractivity contribution in [2.24, 2.45) is 0 Å². The normalized spacial score (nSPS) is 9.35. The summed E-state index contributed by atoms with van der Waals surface area (Å²) in [5, 5.41) is 11.5. The van der Waals surface area contributed by atoms with E-state index in [9.17, 15) is 4.79 Å². The van der Waals surface area contributed by atoms with Crippen molar-refractivity contribution in [3.8, 4) is 0 Å². The van der Waals surface area contributed by atoms with Gasteiger partial charge in [-0.15, -0.1) is 0 Å². The average Bonchev–Trinajstić information content (AvgIpc) is 2.40. The smallest absolute Gasteiger partial charge is 0.322 e. The number of rotatable bonds is 2. The van der Waals surface area contributed by atoms with E-state index in [0.29, 0.717) is 11.3 Å². The van der Waals surface area contributed by atoms with Crippen LogP contribution < -0.4 is 5.32 Å². The third-order valence-electron chi connectivity index (χ3n) is 2.29. The number of nitrogens with one attached hydrogen (secondary N) is 1. The van der Waals surface area contributed by atoms with Crippen LogP contribution in [0, 0.1) is 5.39 Å². The standard InChI is InChI=1S/C13H9N3O/c14-16-12-9-5-4-8-11(12)13(17)15-10-6-2-1-3-7-10/h1-9H/p+1. The largest absolute Gasteiger partial charge is 0.397 e. The second-order valence-corrected chi connectivity index (χ2v) is 3.44. The van der Waals surface area contributed by atoms with E-state index in [-0.39, 0.29) is 11.6 Å². The van der Waals surface area contributed by atoms with Gasteiger partial charge >= 0.3 is 5.69 Å². The summed E-state index contributed by atoms with van der Waals surface area (Å²) in [6.45, 7) is 0. The van der Waals surface area contributed by atoms with Crippen molar-refractivity contribution in [3.05, 3.63) is 65.1 Å². The lowest BCUT2D eigenvalue weighted by Gasteiger charge is -2.02. The van der Waals surface area contributed by atoms with Gasteiger partial charge in [0.25, 0.3) is 5.91 Å². The molecule has 0 spiro atoms. The Bertz CT molecular complexity index is 573. The summed E-state index contributed by atoms with van der Waals surface area (Å²) in [5.74, 6) is -0.301. The van der Waals surface area contributed by atoms with Crippen molar-refractivity contribution in [3.63, 3.8) is 0 Å². The molecule has 1 amide bonds. The van der Waals surface area contributed by atoms with Gasteiger partial charge < -0.3 is 5.32 Å². The Hall–Kier alpha value is -2.67. The van der Waals surface area contributed by atoms with E-state index in [4.69, 9.17) is 5.39 Å². The molecular weight excluding hydrogens is 214 g/mol. The van der Waals surface area contributed by atoms with Crippen LogP contribution in [0.3, 0.4) is 0 Å². The zero-order chi connectivity index (χ0) is 12.1. The maximum absolute atomic E-state index is 11.9. The first-order valence-electron chi connectivity index (χ1n) is 5.12. The number of carbonyl (C=O) groups is 1. The van der Waals surface area contributed by atoms with Crippen LogP contribution in [0.25, 0.3) is 4.98 Å². The van der Waals surface area contributed by atoms with Crippen LogP contribution >= 0.6 is 0 Å². The first kappa shape index (κ1) is 10.8. The highest BCUT2D eigenvalue weighted by molar-refractivity contribution is 6.08. The summed E-state index contributed by atoms with van der Waals surface area (Å²) < 4.78 is 0. The van der Waals surface area contributed by atoms with Gasteiger partial charge in [0.1, 0.15) is 5.56 Å². The molecule has 0 unspecified atom stereocenters. The predicted molar refractivity (Wildman–Crippen MR) is 65.6 cm³/mol. The minimum atomic E-state index is -0.301.